The van der Waals surface area contributed by atoms with Crippen LogP contribution in [0.3, 0.4) is 0 Å². The fourth-order valence-corrected chi connectivity index (χ4v) is 9.10. The first-order chi connectivity index (χ1) is 33.9. The maximum Gasteiger partial charge on any atom is 0.187 e. The number of rotatable bonds is 19. The van der Waals surface area contributed by atoms with Crippen molar-refractivity contribution in [1.82, 2.24) is 0 Å². The minimum Gasteiger partial charge on any atom is -0.790 e. The lowest BCUT2D eigenvalue weighted by Gasteiger charge is -2.48. The third-order valence-corrected chi connectivity index (χ3v) is 13.5. The average Bonchev–Trinajstić information content (AvgIpc) is 3.35. The molecule has 6 aliphatic heterocycles. The topological polar surface area (TPSA) is 527 Å². The molecule has 30 atom stereocenters. The number of hydrogen-bond donors (Lipinski definition) is 17. The van der Waals surface area contributed by atoms with E-state index in [2.05, 4.69) is 4.52 Å². The molecule has 0 radical (unpaired) electrons. The lowest BCUT2D eigenvalue weighted by molar-refractivity contribution is -0.391. The van der Waals surface area contributed by atoms with Crippen LogP contribution >= 0.6 is 7.82 Å². The van der Waals surface area contributed by atoms with Crippen LogP contribution in [0.1, 0.15) is 13.3 Å². The van der Waals surface area contributed by atoms with Crippen LogP contribution in [0.5, 0.6) is 0 Å². The molecule has 34 heteroatoms. The highest BCUT2D eigenvalue weighted by Crippen LogP contribution is 2.36. The lowest BCUT2D eigenvalue weighted by Crippen LogP contribution is -2.67. The second-order valence-electron chi connectivity index (χ2n) is 17.8. The molecule has 422 valence electrons. The first-order valence-corrected chi connectivity index (χ1v) is 24.1. The number of phosphoric ester groups is 1. The Balaban J connectivity index is 1.14. The van der Waals surface area contributed by atoms with Crippen LogP contribution in [0.4, 0.5) is 0 Å². The Kier molecular flexibility index (Phi) is 21.4. The number of hydrogen-bond acceptors (Lipinski definition) is 33. The van der Waals surface area contributed by atoms with E-state index in [1.165, 1.54) is 0 Å². The Labute approximate surface area is 407 Å². The number of ether oxygens (including phenoxy) is 12. The minimum atomic E-state index is -5.67. The first kappa shape index (κ1) is 60.2. The summed E-state index contributed by atoms with van der Waals surface area (Å²) in [6.07, 6.45) is -56.1. The normalized spacial score (nSPS) is 50.7. The number of aliphatic hydroxyl groups excluding tert-OH is 17. The number of aliphatic hydroxyl groups is 17. The number of phosphoric acid groups is 1. The van der Waals surface area contributed by atoms with Gasteiger partial charge in [-0.3, -0.25) is 0 Å². The van der Waals surface area contributed by atoms with E-state index in [0.717, 1.165) is 7.11 Å². The third kappa shape index (κ3) is 13.3. The van der Waals surface area contributed by atoms with Gasteiger partial charge in [0.25, 0.3) is 0 Å². The number of methoxy groups -OCH3 is 1. The molecular formula is C38H65O33P-2. The third-order valence-electron chi connectivity index (χ3n) is 13.1. The molecule has 0 aromatic carbocycles. The maximum absolute atomic E-state index is 11.6. The summed E-state index contributed by atoms with van der Waals surface area (Å²) < 4.78 is 82.4. The van der Waals surface area contributed by atoms with Crippen molar-refractivity contribution in [1.29, 1.82) is 0 Å². The Hall–Kier alpha value is -1.05. The zero-order valence-corrected chi connectivity index (χ0v) is 39.0. The fourth-order valence-electron chi connectivity index (χ4n) is 8.78. The van der Waals surface area contributed by atoms with Gasteiger partial charge in [-0.1, -0.05) is 6.92 Å². The molecule has 0 bridgehead atoms. The van der Waals surface area contributed by atoms with Gasteiger partial charge in [0.1, 0.15) is 140 Å². The van der Waals surface area contributed by atoms with E-state index in [9.17, 15) is 101 Å². The minimum absolute atomic E-state index is 0.135. The van der Waals surface area contributed by atoms with E-state index in [0.29, 0.717) is 0 Å². The highest BCUT2D eigenvalue weighted by atomic mass is 31.2. The van der Waals surface area contributed by atoms with Gasteiger partial charge < -0.3 is 163 Å². The molecule has 6 aliphatic rings. The van der Waals surface area contributed by atoms with Crippen LogP contribution in [0, 0.1) is 0 Å². The summed E-state index contributed by atoms with van der Waals surface area (Å²) in [7, 11) is -4.62. The standard InChI is InChI=1S/C38H67O33P/c1-3-9-15(41)21(47)27(53)35(63-9)70-31-24(50)16(42)10(4-39)64-37(31)61-6-12-18(44)22(48)26(52)34(67-12)60-7-13-20(46)30(29(55)33(59-2)66-13)69-38-32(25(51)17(43)11(5-40)65-38)71-36-28(54)23(49)19(45)14(68-36)8-62-72(56,57)58/h9-55H,3-8H2,1-2H3,(H2,56,57,58)/p-2/t9?,10?,11?,12?,13?,14?,15-,16-,17-,18-,19-,20-,21-,22-,23-,24-,25-,26?,27?,28?,29?,30-,31?,32?,33+,34+,35-,36-,37+,38-/m0/s1. The lowest BCUT2D eigenvalue weighted by atomic mass is 9.96. The summed E-state index contributed by atoms with van der Waals surface area (Å²) in [6, 6.07) is 0. The predicted octanol–water partition coefficient (Wildman–Crippen LogP) is -13.2. The largest absolute Gasteiger partial charge is 0.790 e. The van der Waals surface area contributed by atoms with Gasteiger partial charge in [-0.15, -0.1) is 0 Å². The smallest absolute Gasteiger partial charge is 0.187 e. The Morgan fingerprint density at radius 1 is 0.389 bits per heavy atom. The summed E-state index contributed by atoms with van der Waals surface area (Å²) in [5, 5.41) is 181. The van der Waals surface area contributed by atoms with Crippen LogP contribution < -0.4 is 9.79 Å². The van der Waals surface area contributed by atoms with E-state index in [1.54, 1.807) is 6.92 Å². The van der Waals surface area contributed by atoms with Crippen molar-refractivity contribution in [3.8, 4) is 0 Å². The molecule has 0 aromatic rings. The summed E-state index contributed by atoms with van der Waals surface area (Å²) >= 11 is 0. The molecule has 6 rings (SSSR count). The van der Waals surface area contributed by atoms with Crippen molar-refractivity contribution < 1.29 is 163 Å². The summed E-state index contributed by atoms with van der Waals surface area (Å²) in [6.45, 7) is -3.09. The average molecular weight is 1080 g/mol. The molecule has 17 N–H and O–H groups in total. The molecule has 0 saturated carbocycles. The summed E-state index contributed by atoms with van der Waals surface area (Å²) in [5.41, 5.74) is 0. The molecule has 6 heterocycles. The molecule has 0 aliphatic carbocycles. The van der Waals surface area contributed by atoms with Crippen molar-refractivity contribution in [2.75, 3.05) is 40.1 Å². The Bertz CT molecular complexity index is 1710. The van der Waals surface area contributed by atoms with Gasteiger partial charge in [0, 0.05) is 7.11 Å². The molecule has 0 aromatic heterocycles. The Morgan fingerprint density at radius 2 is 0.750 bits per heavy atom. The first-order valence-electron chi connectivity index (χ1n) is 22.6. The van der Waals surface area contributed by atoms with Crippen molar-refractivity contribution in [2.45, 2.75) is 198 Å². The van der Waals surface area contributed by atoms with Crippen LogP contribution in [-0.4, -0.2) is 311 Å². The Morgan fingerprint density at radius 3 is 1.24 bits per heavy atom. The molecule has 72 heavy (non-hydrogen) atoms. The monoisotopic (exact) mass is 1080 g/mol. The van der Waals surface area contributed by atoms with Crippen molar-refractivity contribution in [3.63, 3.8) is 0 Å². The fraction of sp³-hybridized carbons (Fsp3) is 1.00. The van der Waals surface area contributed by atoms with E-state index in [-0.39, 0.29) is 6.42 Å². The summed E-state index contributed by atoms with van der Waals surface area (Å²) in [5.74, 6) is 0. The van der Waals surface area contributed by atoms with Crippen molar-refractivity contribution in [3.05, 3.63) is 0 Å². The van der Waals surface area contributed by atoms with Gasteiger partial charge in [-0.05, 0) is 6.42 Å². The highest BCUT2D eigenvalue weighted by Gasteiger charge is 2.56. The van der Waals surface area contributed by atoms with Crippen molar-refractivity contribution >= 4 is 7.82 Å². The van der Waals surface area contributed by atoms with E-state index in [1.807, 2.05) is 0 Å². The quantitative estimate of drug-likeness (QED) is 0.0534. The molecule has 6 fully saturated rings. The van der Waals surface area contributed by atoms with Gasteiger partial charge in [0.2, 0.25) is 0 Å². The van der Waals surface area contributed by atoms with Gasteiger partial charge in [0.15, 0.2) is 37.7 Å². The van der Waals surface area contributed by atoms with Crippen LogP contribution in [0.25, 0.3) is 0 Å². The van der Waals surface area contributed by atoms with Crippen LogP contribution in [0.15, 0.2) is 0 Å². The van der Waals surface area contributed by atoms with E-state index < -0.39 is 225 Å². The predicted molar refractivity (Wildman–Crippen MR) is 214 cm³/mol. The highest BCUT2D eigenvalue weighted by molar-refractivity contribution is 7.43. The zero-order chi connectivity index (χ0) is 53.3. The second kappa shape index (κ2) is 25.6. The second-order valence-corrected chi connectivity index (χ2v) is 19.0. The molecular weight excluding hydrogens is 1020 g/mol. The zero-order valence-electron chi connectivity index (χ0n) is 38.1. The molecule has 0 amide bonds. The maximum atomic E-state index is 11.6. The van der Waals surface area contributed by atoms with E-state index in [4.69, 9.17) is 56.8 Å². The van der Waals surface area contributed by atoms with Crippen LogP contribution in [-0.2, 0) is 65.9 Å². The van der Waals surface area contributed by atoms with Gasteiger partial charge in [-0.25, -0.2) is 0 Å². The SMILES string of the molecule is CCC1O[C@@H](OC2[C@H](OCC3O[C@@H](OCC4O[C@@H](OC)C(O)[C@@H](O[C@@H]5OC(CO)[C@H](O)[C@H](O)C5O[C@@H]5OC(COP(=O)([O-])[O-])[C@H](O)[C@H](O)C5O)[C@H]4O)C(O)[C@@H](O)[C@H]3O)OC(CO)[C@H](O)[C@@H]2O)C(O)[C@@H](O)[C@H]1O. The molecule has 33 nitrogen and oxygen atoms in total. The van der Waals surface area contributed by atoms with Gasteiger partial charge in [-0.2, -0.15) is 0 Å². The molecule has 12 unspecified atom stereocenters. The van der Waals surface area contributed by atoms with Gasteiger partial charge in [0.05, 0.1) is 47.0 Å². The molecule has 6 saturated heterocycles. The summed E-state index contributed by atoms with van der Waals surface area (Å²) in [4.78, 5) is 22.2. The van der Waals surface area contributed by atoms with Crippen LogP contribution in [0.2, 0.25) is 0 Å². The van der Waals surface area contributed by atoms with Crippen molar-refractivity contribution in [2.24, 2.45) is 0 Å². The van der Waals surface area contributed by atoms with Gasteiger partial charge >= 0.3 is 0 Å². The molecule has 0 spiro atoms. The van der Waals surface area contributed by atoms with E-state index >= 15 is 0 Å².